The molecule has 0 fully saturated rings. The van der Waals surface area contributed by atoms with Crippen LogP contribution >= 0.6 is 0 Å². The van der Waals surface area contributed by atoms with Crippen molar-refractivity contribution in [2.45, 2.75) is 6.92 Å². The second-order valence-electron chi connectivity index (χ2n) is 7.76. The third kappa shape index (κ3) is 3.74. The van der Waals surface area contributed by atoms with Crippen LogP contribution in [0, 0.1) is 6.92 Å². The van der Waals surface area contributed by atoms with Crippen LogP contribution < -0.4 is 0 Å². The van der Waals surface area contributed by atoms with Crippen molar-refractivity contribution >= 4 is 17.0 Å². The molecule has 4 nitrogen and oxygen atoms in total. The molecule has 0 aliphatic rings. The Morgan fingerprint density at radius 2 is 1.47 bits per heavy atom. The van der Waals surface area contributed by atoms with E-state index in [0.717, 1.165) is 39.0 Å². The monoisotopic (exact) mass is 416 g/mol. The predicted octanol–water partition coefficient (Wildman–Crippen LogP) is 6.64. The number of aryl methyl sites for hydroxylation is 1. The number of fused-ring (bicyclic) bond motifs is 1. The average Bonchev–Trinajstić information content (AvgIpc) is 2.83. The molecule has 0 unspecified atom stereocenters. The summed E-state index contributed by atoms with van der Waals surface area (Å²) in [7, 11) is 0. The molecule has 0 atom stereocenters. The van der Waals surface area contributed by atoms with Gasteiger partial charge in [-0.2, -0.15) is 0 Å². The second kappa shape index (κ2) is 8.08. The van der Waals surface area contributed by atoms with Gasteiger partial charge in [-0.3, -0.25) is 4.98 Å². The third-order valence-electron chi connectivity index (χ3n) is 5.52. The van der Waals surface area contributed by atoms with Crippen molar-refractivity contribution < 1.29 is 9.90 Å². The Labute approximate surface area is 185 Å². The number of rotatable bonds is 4. The Balaban J connectivity index is 1.58. The Morgan fingerprint density at radius 3 is 2.28 bits per heavy atom. The maximum absolute atomic E-state index is 11.6. The first-order chi connectivity index (χ1) is 15.6. The summed E-state index contributed by atoms with van der Waals surface area (Å²) in [6, 6.07) is 29.3. The zero-order valence-corrected chi connectivity index (χ0v) is 17.5. The molecule has 0 saturated carbocycles. The van der Waals surface area contributed by atoms with E-state index in [4.69, 9.17) is 4.98 Å². The van der Waals surface area contributed by atoms with Gasteiger partial charge in [-0.15, -0.1) is 0 Å². The van der Waals surface area contributed by atoms with Gasteiger partial charge in [-0.25, -0.2) is 9.78 Å². The number of carbonyl (C=O) groups is 1. The molecule has 154 valence electrons. The fourth-order valence-electron chi connectivity index (χ4n) is 3.92. The van der Waals surface area contributed by atoms with Gasteiger partial charge >= 0.3 is 5.97 Å². The summed E-state index contributed by atoms with van der Waals surface area (Å²) in [4.78, 5) is 21.1. The molecule has 4 heteroatoms. The Kier molecular flexibility index (Phi) is 4.96. The molecule has 0 bridgehead atoms. The van der Waals surface area contributed by atoms with E-state index < -0.39 is 5.97 Å². The molecular formula is C28H20N2O2. The van der Waals surface area contributed by atoms with Crippen LogP contribution in [0.2, 0.25) is 0 Å². The van der Waals surface area contributed by atoms with Crippen LogP contribution in [0.3, 0.4) is 0 Å². The summed E-state index contributed by atoms with van der Waals surface area (Å²) in [6.45, 7) is 2.09. The van der Waals surface area contributed by atoms with E-state index in [1.165, 1.54) is 5.56 Å². The van der Waals surface area contributed by atoms with Crippen molar-refractivity contribution in [3.63, 3.8) is 0 Å². The molecule has 1 aromatic heterocycles. The number of aromatic nitrogens is 2. The molecule has 5 rings (SSSR count). The molecule has 4 aromatic carbocycles. The zero-order valence-electron chi connectivity index (χ0n) is 17.5. The quantitative estimate of drug-likeness (QED) is 0.357. The summed E-state index contributed by atoms with van der Waals surface area (Å²) in [5, 5.41) is 9.54. The number of carboxylic acids is 1. The Bertz CT molecular complexity index is 1470. The van der Waals surface area contributed by atoms with Crippen LogP contribution in [0.1, 0.15) is 15.9 Å². The molecule has 0 aliphatic carbocycles. The summed E-state index contributed by atoms with van der Waals surface area (Å²) < 4.78 is 0. The molecule has 0 amide bonds. The largest absolute Gasteiger partial charge is 0.478 e. The fraction of sp³-hybridized carbons (Fsp3) is 0.0357. The van der Waals surface area contributed by atoms with Gasteiger partial charge < -0.3 is 5.11 Å². The smallest absolute Gasteiger partial charge is 0.336 e. The molecule has 5 aromatic rings. The van der Waals surface area contributed by atoms with Crippen LogP contribution in [0.25, 0.3) is 44.5 Å². The van der Waals surface area contributed by atoms with E-state index >= 15 is 0 Å². The van der Waals surface area contributed by atoms with E-state index in [1.807, 2.05) is 42.5 Å². The standard InChI is InChI=1S/C28H20N2O2/c1-18-6-4-7-19(14-18)20-8-5-9-22(15-20)27-17-29-25-13-12-21(16-26(25)30-27)23-10-2-3-11-24(23)28(31)32/h2-17H,1H3,(H,31,32). The minimum atomic E-state index is -0.950. The van der Waals surface area contributed by atoms with Crippen molar-refractivity contribution in [1.29, 1.82) is 0 Å². The number of carboxylic acid groups (broad SMARTS) is 1. The van der Waals surface area contributed by atoms with Gasteiger partial charge in [0.2, 0.25) is 0 Å². The number of benzene rings is 4. The van der Waals surface area contributed by atoms with Gasteiger partial charge in [0, 0.05) is 5.56 Å². The molecular weight excluding hydrogens is 396 g/mol. The van der Waals surface area contributed by atoms with E-state index in [0.29, 0.717) is 5.56 Å². The van der Waals surface area contributed by atoms with Crippen LogP contribution in [0.4, 0.5) is 0 Å². The van der Waals surface area contributed by atoms with Crippen LogP contribution in [-0.4, -0.2) is 21.0 Å². The molecule has 0 spiro atoms. The van der Waals surface area contributed by atoms with Gasteiger partial charge in [-0.05, 0) is 53.4 Å². The summed E-state index contributed by atoms with van der Waals surface area (Å²) >= 11 is 0. The van der Waals surface area contributed by atoms with E-state index in [9.17, 15) is 9.90 Å². The van der Waals surface area contributed by atoms with Gasteiger partial charge in [0.25, 0.3) is 0 Å². The number of hydrogen-bond donors (Lipinski definition) is 1. The maximum Gasteiger partial charge on any atom is 0.336 e. The lowest BCUT2D eigenvalue weighted by Gasteiger charge is -2.09. The van der Waals surface area contributed by atoms with Crippen molar-refractivity contribution in [2.24, 2.45) is 0 Å². The zero-order chi connectivity index (χ0) is 22.1. The first-order valence-corrected chi connectivity index (χ1v) is 10.4. The van der Waals surface area contributed by atoms with Crippen LogP contribution in [0.15, 0.2) is 97.2 Å². The highest BCUT2D eigenvalue weighted by Gasteiger charge is 2.12. The lowest BCUT2D eigenvalue weighted by atomic mass is 9.99. The van der Waals surface area contributed by atoms with Gasteiger partial charge in [0.05, 0.1) is 28.5 Å². The summed E-state index contributed by atoms with van der Waals surface area (Å²) in [5.41, 5.74) is 8.47. The Hall–Kier alpha value is -4.31. The number of nitrogens with zero attached hydrogens (tertiary/aromatic N) is 2. The van der Waals surface area contributed by atoms with Crippen LogP contribution in [0.5, 0.6) is 0 Å². The lowest BCUT2D eigenvalue weighted by Crippen LogP contribution is -1.99. The molecule has 0 aliphatic heterocycles. The molecule has 0 radical (unpaired) electrons. The normalized spacial score (nSPS) is 10.9. The van der Waals surface area contributed by atoms with E-state index in [2.05, 4.69) is 48.3 Å². The van der Waals surface area contributed by atoms with Crippen molar-refractivity contribution in [1.82, 2.24) is 9.97 Å². The topological polar surface area (TPSA) is 63.1 Å². The first-order valence-electron chi connectivity index (χ1n) is 10.4. The third-order valence-corrected chi connectivity index (χ3v) is 5.52. The minimum Gasteiger partial charge on any atom is -0.478 e. The van der Waals surface area contributed by atoms with Crippen molar-refractivity contribution in [2.75, 3.05) is 0 Å². The van der Waals surface area contributed by atoms with Gasteiger partial charge in [0.1, 0.15) is 0 Å². The van der Waals surface area contributed by atoms with Gasteiger partial charge in [0.15, 0.2) is 0 Å². The molecule has 0 saturated heterocycles. The van der Waals surface area contributed by atoms with E-state index in [1.54, 1.807) is 18.3 Å². The SMILES string of the molecule is Cc1cccc(-c2cccc(-c3cnc4ccc(-c5ccccc5C(=O)O)cc4n3)c2)c1. The highest BCUT2D eigenvalue weighted by molar-refractivity contribution is 5.97. The summed E-state index contributed by atoms with van der Waals surface area (Å²) in [6.07, 6.45) is 1.78. The van der Waals surface area contributed by atoms with E-state index in [-0.39, 0.29) is 5.56 Å². The van der Waals surface area contributed by atoms with Crippen molar-refractivity contribution in [3.8, 4) is 33.5 Å². The second-order valence-corrected chi connectivity index (χ2v) is 7.76. The van der Waals surface area contributed by atoms with Gasteiger partial charge in [-0.1, -0.05) is 72.3 Å². The lowest BCUT2D eigenvalue weighted by molar-refractivity contribution is 0.0697. The maximum atomic E-state index is 11.6. The summed E-state index contributed by atoms with van der Waals surface area (Å²) in [5.74, 6) is -0.950. The predicted molar refractivity (Wildman–Crippen MR) is 128 cm³/mol. The Morgan fingerprint density at radius 1 is 0.719 bits per heavy atom. The molecule has 32 heavy (non-hydrogen) atoms. The molecule has 1 N–H and O–H groups in total. The van der Waals surface area contributed by atoms with Crippen molar-refractivity contribution in [3.05, 3.63) is 108 Å². The number of hydrogen-bond acceptors (Lipinski definition) is 3. The highest BCUT2D eigenvalue weighted by atomic mass is 16.4. The first kappa shape index (κ1) is 19.6. The molecule has 1 heterocycles. The van der Waals surface area contributed by atoms with Crippen LogP contribution in [-0.2, 0) is 0 Å². The average molecular weight is 416 g/mol. The fourth-order valence-corrected chi connectivity index (χ4v) is 3.92. The minimum absolute atomic E-state index is 0.266. The highest BCUT2D eigenvalue weighted by Crippen LogP contribution is 2.29. The number of aromatic carboxylic acids is 1.